The van der Waals surface area contributed by atoms with E-state index in [1.807, 2.05) is 51.1 Å². The fraction of sp³-hybridized carbons (Fsp3) is 0.296. The molecule has 10 heteroatoms. The number of nitrogens with one attached hydrogen (secondary N) is 1. The minimum Gasteiger partial charge on any atom is -0.488 e. The molecule has 1 aromatic heterocycles. The number of aliphatic carboxylic acids is 1. The third-order valence-corrected chi connectivity index (χ3v) is 8.65. The van der Waals surface area contributed by atoms with Crippen LogP contribution in [0.3, 0.4) is 0 Å². The summed E-state index contributed by atoms with van der Waals surface area (Å²) in [7, 11) is -3.80. The molecule has 5 rings (SSSR count). The highest BCUT2D eigenvalue weighted by Gasteiger charge is 2.33. The number of benzene rings is 3. The highest BCUT2D eigenvalue weighted by Crippen LogP contribution is 2.35. The minimum absolute atomic E-state index is 0.119. The van der Waals surface area contributed by atoms with Gasteiger partial charge < -0.3 is 9.84 Å². The summed E-state index contributed by atoms with van der Waals surface area (Å²) in [5, 5.41) is 20.7. The van der Waals surface area contributed by atoms with Crippen LogP contribution in [0.5, 0.6) is 5.75 Å². The third-order valence-electron chi connectivity index (χ3n) is 6.79. The second-order valence-corrected chi connectivity index (χ2v) is 11.4. The maximum Gasteiger partial charge on any atom is 0.304 e. The number of para-hydroxylation sites is 1. The van der Waals surface area contributed by atoms with Gasteiger partial charge in [0, 0.05) is 12.5 Å². The number of fused-ring (bicyclic) bond motifs is 2. The zero-order chi connectivity index (χ0) is 26.3. The Kier molecular flexibility index (Phi) is 6.47. The number of aromatic nitrogens is 3. The summed E-state index contributed by atoms with van der Waals surface area (Å²) < 4.78 is 34.5. The van der Waals surface area contributed by atoms with Crippen molar-refractivity contribution in [2.45, 2.75) is 50.7 Å². The number of nitrogens with zero attached hydrogens (tertiary/aromatic N) is 3. The molecule has 2 unspecified atom stereocenters. The van der Waals surface area contributed by atoms with Crippen molar-refractivity contribution in [2.75, 3.05) is 6.54 Å². The van der Waals surface area contributed by atoms with Gasteiger partial charge in [0.2, 0.25) is 10.0 Å². The van der Waals surface area contributed by atoms with Crippen LogP contribution in [0.15, 0.2) is 59.5 Å². The normalized spacial score (nSPS) is 18.1. The van der Waals surface area contributed by atoms with Crippen molar-refractivity contribution in [3.05, 3.63) is 82.4 Å². The molecule has 0 saturated carbocycles. The summed E-state index contributed by atoms with van der Waals surface area (Å²) in [4.78, 5) is 12.0. The molecular weight excluding hydrogens is 492 g/mol. The summed E-state index contributed by atoms with van der Waals surface area (Å²) in [6.45, 7) is 6.03. The first kappa shape index (κ1) is 24.9. The van der Waals surface area contributed by atoms with E-state index < -0.39 is 21.9 Å². The van der Waals surface area contributed by atoms with Crippen molar-refractivity contribution in [2.24, 2.45) is 0 Å². The van der Waals surface area contributed by atoms with Gasteiger partial charge in [0.1, 0.15) is 27.8 Å². The Balaban J connectivity index is 1.54. The van der Waals surface area contributed by atoms with Gasteiger partial charge >= 0.3 is 5.97 Å². The number of ether oxygens (including phenoxy) is 1. The lowest BCUT2D eigenvalue weighted by molar-refractivity contribution is -0.137. The fourth-order valence-corrected chi connectivity index (χ4v) is 6.52. The van der Waals surface area contributed by atoms with E-state index >= 15 is 0 Å². The molecule has 0 fully saturated rings. The molecule has 2 heterocycles. The Labute approximate surface area is 215 Å². The molecule has 0 bridgehead atoms. The first-order valence-corrected chi connectivity index (χ1v) is 13.5. The van der Waals surface area contributed by atoms with Crippen molar-refractivity contribution in [1.29, 1.82) is 0 Å². The topological polar surface area (TPSA) is 125 Å². The number of carbonyl (C=O) groups is 1. The number of aryl methyl sites for hydroxylation is 2. The van der Waals surface area contributed by atoms with Gasteiger partial charge in [-0.3, -0.25) is 4.79 Å². The number of aromatic amines is 1. The van der Waals surface area contributed by atoms with Crippen LogP contribution in [0.4, 0.5) is 0 Å². The second-order valence-electron chi connectivity index (χ2n) is 9.54. The zero-order valence-electron chi connectivity index (χ0n) is 20.8. The van der Waals surface area contributed by atoms with Crippen LogP contribution in [-0.2, 0) is 21.4 Å². The SMILES string of the molecule is Cc1ccc(C(CC(=O)O)c2cc(C)c3n[nH]nc3c2)cc1CN1CC(C)Oc2ccccc2S1(=O)=O. The maximum absolute atomic E-state index is 13.6. The maximum atomic E-state index is 13.6. The summed E-state index contributed by atoms with van der Waals surface area (Å²) in [5.74, 6) is -1.02. The second kappa shape index (κ2) is 9.60. The third kappa shape index (κ3) is 4.82. The molecule has 3 aromatic carbocycles. The summed E-state index contributed by atoms with van der Waals surface area (Å²) >= 11 is 0. The molecule has 0 amide bonds. The Hall–Kier alpha value is -3.76. The highest BCUT2D eigenvalue weighted by atomic mass is 32.2. The Bertz CT molecular complexity index is 1600. The number of carboxylic acid groups (broad SMARTS) is 1. The van der Waals surface area contributed by atoms with Gasteiger partial charge in [0.05, 0.1) is 13.0 Å². The molecule has 0 radical (unpaired) electrons. The molecule has 192 valence electrons. The smallest absolute Gasteiger partial charge is 0.304 e. The standard InChI is InChI=1S/C27H28N4O5S/c1-16-8-9-19(22(13-26(32)33)20-10-17(2)27-23(12-20)28-30-29-27)11-21(16)15-31-14-18(3)36-24-6-4-5-7-25(24)37(31,34)35/h4-12,18,22H,13-15H2,1-3H3,(H,32,33)(H,28,29,30). The average molecular weight is 521 g/mol. The monoisotopic (exact) mass is 520 g/mol. The molecular formula is C27H28N4O5S. The van der Waals surface area contributed by atoms with Crippen LogP contribution in [0.25, 0.3) is 11.0 Å². The van der Waals surface area contributed by atoms with Crippen LogP contribution >= 0.6 is 0 Å². The van der Waals surface area contributed by atoms with Crippen molar-refractivity contribution < 1.29 is 23.1 Å². The molecule has 0 spiro atoms. The van der Waals surface area contributed by atoms with Gasteiger partial charge in [-0.15, -0.1) is 0 Å². The number of sulfonamides is 1. The van der Waals surface area contributed by atoms with Gasteiger partial charge in [-0.2, -0.15) is 19.7 Å². The van der Waals surface area contributed by atoms with E-state index in [4.69, 9.17) is 4.74 Å². The van der Waals surface area contributed by atoms with Crippen LogP contribution in [0.2, 0.25) is 0 Å². The molecule has 37 heavy (non-hydrogen) atoms. The van der Waals surface area contributed by atoms with Crippen molar-refractivity contribution in [3.8, 4) is 5.75 Å². The van der Waals surface area contributed by atoms with Gasteiger partial charge in [-0.05, 0) is 66.8 Å². The molecule has 1 aliphatic heterocycles. The van der Waals surface area contributed by atoms with E-state index in [1.165, 1.54) is 4.31 Å². The number of carboxylic acids is 1. The highest BCUT2D eigenvalue weighted by molar-refractivity contribution is 7.89. The number of hydrogen-bond acceptors (Lipinski definition) is 6. The van der Waals surface area contributed by atoms with Gasteiger partial charge in [-0.1, -0.05) is 36.4 Å². The molecule has 1 aliphatic rings. The molecule has 4 aromatic rings. The van der Waals surface area contributed by atoms with Crippen molar-refractivity contribution in [3.63, 3.8) is 0 Å². The van der Waals surface area contributed by atoms with E-state index in [-0.39, 0.29) is 30.5 Å². The Morgan fingerprint density at radius 2 is 1.89 bits per heavy atom. The van der Waals surface area contributed by atoms with Crippen LogP contribution in [-0.4, -0.2) is 51.9 Å². The van der Waals surface area contributed by atoms with Gasteiger partial charge in [-0.25, -0.2) is 8.42 Å². The number of rotatable bonds is 6. The Morgan fingerprint density at radius 1 is 1.11 bits per heavy atom. The predicted molar refractivity (Wildman–Crippen MR) is 138 cm³/mol. The minimum atomic E-state index is -3.80. The van der Waals surface area contributed by atoms with Gasteiger partial charge in [0.25, 0.3) is 0 Å². The molecule has 0 saturated heterocycles. The zero-order valence-corrected chi connectivity index (χ0v) is 21.6. The Morgan fingerprint density at radius 3 is 2.68 bits per heavy atom. The van der Waals surface area contributed by atoms with E-state index in [9.17, 15) is 18.3 Å². The lowest BCUT2D eigenvalue weighted by Gasteiger charge is -2.24. The summed E-state index contributed by atoms with van der Waals surface area (Å²) in [6, 6.07) is 16.2. The first-order valence-electron chi connectivity index (χ1n) is 12.0. The van der Waals surface area contributed by atoms with Crippen molar-refractivity contribution in [1.82, 2.24) is 19.7 Å². The average Bonchev–Trinajstić information content (AvgIpc) is 3.30. The summed E-state index contributed by atoms with van der Waals surface area (Å²) in [6.07, 6.45) is -0.454. The first-order chi connectivity index (χ1) is 17.6. The fourth-order valence-electron chi connectivity index (χ4n) is 4.91. The van der Waals surface area contributed by atoms with E-state index in [1.54, 1.807) is 24.3 Å². The molecule has 2 N–H and O–H groups in total. The van der Waals surface area contributed by atoms with E-state index in [2.05, 4.69) is 15.4 Å². The molecule has 9 nitrogen and oxygen atoms in total. The molecule has 0 aliphatic carbocycles. The lowest BCUT2D eigenvalue weighted by atomic mass is 9.86. The van der Waals surface area contributed by atoms with E-state index in [0.29, 0.717) is 11.3 Å². The van der Waals surface area contributed by atoms with Crippen molar-refractivity contribution >= 4 is 27.0 Å². The van der Waals surface area contributed by atoms with Crippen LogP contribution in [0, 0.1) is 13.8 Å². The predicted octanol–water partition coefficient (Wildman–Crippen LogP) is 4.15. The quantitative estimate of drug-likeness (QED) is 0.391. The lowest BCUT2D eigenvalue weighted by Crippen LogP contribution is -2.35. The van der Waals surface area contributed by atoms with Crippen LogP contribution in [0.1, 0.15) is 47.1 Å². The number of H-pyrrole nitrogens is 1. The van der Waals surface area contributed by atoms with E-state index in [0.717, 1.165) is 33.3 Å². The largest absolute Gasteiger partial charge is 0.488 e. The van der Waals surface area contributed by atoms with Crippen LogP contribution < -0.4 is 4.74 Å². The molecule has 2 atom stereocenters. The number of hydrogen-bond donors (Lipinski definition) is 2. The summed E-state index contributed by atoms with van der Waals surface area (Å²) in [5.41, 5.74) is 5.64. The van der Waals surface area contributed by atoms with Gasteiger partial charge in [0.15, 0.2) is 0 Å².